The Bertz CT molecular complexity index is 1010. The van der Waals surface area contributed by atoms with E-state index in [0.29, 0.717) is 12.5 Å². The Balaban J connectivity index is 2.28. The first-order chi connectivity index (χ1) is 15.1. The van der Waals surface area contributed by atoms with E-state index in [9.17, 15) is 41.5 Å². The van der Waals surface area contributed by atoms with Gasteiger partial charge in [-0.1, -0.05) is 12.8 Å². The fraction of sp³-hybridized carbons (Fsp3) is 0.611. The van der Waals surface area contributed by atoms with Crippen LogP contribution in [0.4, 0.5) is 32.2 Å². The van der Waals surface area contributed by atoms with Gasteiger partial charge >= 0.3 is 19.5 Å². The Labute approximate surface area is 184 Å². The highest BCUT2D eigenvalue weighted by Gasteiger charge is 2.58. The van der Waals surface area contributed by atoms with Gasteiger partial charge in [0.1, 0.15) is 11.5 Å². The molecule has 33 heavy (non-hydrogen) atoms. The molecule has 2 aromatic rings. The molecule has 0 fully saturated rings. The van der Waals surface area contributed by atoms with E-state index in [1.54, 1.807) is 13.8 Å². The van der Waals surface area contributed by atoms with Crippen molar-refractivity contribution in [3.8, 4) is 11.6 Å². The van der Waals surface area contributed by atoms with Crippen LogP contribution in [0.15, 0.2) is 10.5 Å². The molecule has 1 aliphatic rings. The predicted octanol–water partition coefficient (Wildman–Crippen LogP) is 2.73. The number of fused-ring (bicyclic) bond motifs is 5. The van der Waals surface area contributed by atoms with Crippen LogP contribution in [0.1, 0.15) is 57.4 Å². The minimum absolute atomic E-state index is 0.0816. The Morgan fingerprint density at radius 1 is 1.03 bits per heavy atom. The lowest BCUT2D eigenvalue weighted by molar-refractivity contribution is -0.277. The van der Waals surface area contributed by atoms with Crippen LogP contribution >= 0.6 is 0 Å². The monoisotopic (exact) mass is 482 g/mol. The van der Waals surface area contributed by atoms with Gasteiger partial charge in [-0.3, -0.25) is 0 Å². The van der Waals surface area contributed by atoms with E-state index >= 15 is 0 Å². The summed E-state index contributed by atoms with van der Waals surface area (Å²) in [5.74, 6) is -2.74. The second kappa shape index (κ2) is 8.44. The molecule has 3 heterocycles. The van der Waals surface area contributed by atoms with E-state index < -0.39 is 71.4 Å². The Morgan fingerprint density at radius 2 is 1.67 bits per heavy atom. The fourth-order valence-corrected chi connectivity index (χ4v) is 3.57. The highest BCUT2D eigenvalue weighted by Crippen LogP contribution is 2.43. The summed E-state index contributed by atoms with van der Waals surface area (Å²) in [7, 11) is -2.49. The molecule has 0 saturated carbocycles. The van der Waals surface area contributed by atoms with Crippen molar-refractivity contribution in [1.29, 1.82) is 0 Å². The largest absolute Gasteiger partial charge is 0.490 e. The second-order valence-corrected chi connectivity index (χ2v) is 8.53. The van der Waals surface area contributed by atoms with Crippen LogP contribution in [-0.2, 0) is 11.8 Å². The molecule has 4 N–H and O–H groups in total. The van der Waals surface area contributed by atoms with Crippen molar-refractivity contribution >= 4 is 18.4 Å². The maximum atomic E-state index is 13.7. The molecule has 0 aliphatic carbocycles. The third-order valence-corrected chi connectivity index (χ3v) is 5.38. The van der Waals surface area contributed by atoms with E-state index in [0.717, 1.165) is 0 Å². The van der Waals surface area contributed by atoms with Crippen molar-refractivity contribution in [3.63, 3.8) is 0 Å². The van der Waals surface area contributed by atoms with Gasteiger partial charge in [0.2, 0.25) is 5.60 Å². The van der Waals surface area contributed by atoms with Gasteiger partial charge in [-0.25, -0.2) is 4.98 Å². The molecule has 0 saturated heterocycles. The minimum atomic E-state index is -5.19. The summed E-state index contributed by atoms with van der Waals surface area (Å²) >= 11 is 0. The predicted molar refractivity (Wildman–Crippen MR) is 103 cm³/mol. The van der Waals surface area contributed by atoms with Crippen molar-refractivity contribution in [1.82, 2.24) is 15.2 Å². The van der Waals surface area contributed by atoms with Gasteiger partial charge < -0.3 is 24.9 Å². The topological polar surface area (TPSA) is 125 Å². The molecule has 0 amide bonds. The van der Waals surface area contributed by atoms with Crippen molar-refractivity contribution in [2.45, 2.75) is 69.4 Å². The highest BCUT2D eigenvalue weighted by molar-refractivity contribution is 6.60. The zero-order valence-corrected chi connectivity index (χ0v) is 17.5. The average Bonchev–Trinajstić information content (AvgIpc) is 3.14. The number of rotatable bonds is 1. The number of nitrogens with one attached hydrogen (secondary N) is 1. The third-order valence-electron chi connectivity index (χ3n) is 5.38. The molecule has 15 heteroatoms. The fourth-order valence-electron chi connectivity index (χ4n) is 3.57. The van der Waals surface area contributed by atoms with Crippen molar-refractivity contribution in [2.24, 2.45) is 0 Å². The summed E-state index contributed by atoms with van der Waals surface area (Å²) in [6, 6.07) is 0.400. The molecular formula is C18H21BF6N4O4. The molecule has 8 nitrogen and oxygen atoms in total. The molecule has 3 rings (SSSR count). The number of halogens is 6. The first-order valence-electron chi connectivity index (χ1n) is 9.95. The molecule has 0 unspecified atom stereocenters. The smallest absolute Gasteiger partial charge is 0.423 e. The summed E-state index contributed by atoms with van der Waals surface area (Å²) in [5, 5.41) is 38.9. The number of anilines is 1. The molecule has 1 atom stereocenters. The quantitative estimate of drug-likeness (QED) is 0.362. The molecular weight excluding hydrogens is 461 g/mol. The normalized spacial score (nSPS) is 21.8. The average molecular weight is 482 g/mol. The van der Waals surface area contributed by atoms with Gasteiger partial charge in [0, 0.05) is 11.0 Å². The zero-order valence-electron chi connectivity index (χ0n) is 17.5. The van der Waals surface area contributed by atoms with Gasteiger partial charge in [-0.15, -0.1) is 10.2 Å². The number of pyridine rings is 1. The first-order valence-corrected chi connectivity index (χ1v) is 9.95. The van der Waals surface area contributed by atoms with Crippen molar-refractivity contribution in [2.75, 3.05) is 5.32 Å². The molecule has 4 bridgehead atoms. The standard InChI is InChI=1S/C18H21BF6N4O4/c1-15(2)6-4-3-5-7-16(30,18(23,24)25)14-29-28-13(33-14)11-10(19(31)32)8-9(17(20,21)22)12(26-11)27-15/h8,30-32H,3-7H2,1-2H3,(H,26,27)/t16-/m1/s1. The molecule has 0 radical (unpaired) electrons. The van der Waals surface area contributed by atoms with E-state index in [1.807, 2.05) is 0 Å². The number of aliphatic hydroxyl groups is 1. The van der Waals surface area contributed by atoms with E-state index in [1.165, 1.54) is 0 Å². The Kier molecular flexibility index (Phi) is 6.45. The van der Waals surface area contributed by atoms with Crippen LogP contribution in [0.5, 0.6) is 0 Å². The lowest BCUT2D eigenvalue weighted by Crippen LogP contribution is -2.42. The van der Waals surface area contributed by atoms with Crippen LogP contribution in [0.3, 0.4) is 0 Å². The minimum Gasteiger partial charge on any atom is -0.423 e. The Morgan fingerprint density at radius 3 is 2.24 bits per heavy atom. The second-order valence-electron chi connectivity index (χ2n) is 8.53. The molecule has 182 valence electrons. The van der Waals surface area contributed by atoms with Crippen LogP contribution in [0.25, 0.3) is 11.6 Å². The van der Waals surface area contributed by atoms with Gasteiger partial charge in [0.05, 0.1) is 5.56 Å². The molecule has 2 aromatic heterocycles. The summed E-state index contributed by atoms with van der Waals surface area (Å²) in [6.45, 7) is 3.18. The maximum Gasteiger partial charge on any atom is 0.490 e. The number of nitrogens with zero attached hydrogens (tertiary/aromatic N) is 3. The number of alkyl halides is 6. The van der Waals surface area contributed by atoms with Gasteiger partial charge in [0.25, 0.3) is 11.8 Å². The lowest BCUT2D eigenvalue weighted by atomic mass is 9.78. The number of aromatic nitrogens is 3. The van der Waals surface area contributed by atoms with Crippen LogP contribution in [-0.4, -0.2) is 49.2 Å². The van der Waals surface area contributed by atoms with Crippen LogP contribution in [0.2, 0.25) is 0 Å². The Hall–Kier alpha value is -2.39. The van der Waals surface area contributed by atoms with Gasteiger partial charge in [0.15, 0.2) is 0 Å². The van der Waals surface area contributed by atoms with Crippen LogP contribution in [0, 0.1) is 0 Å². The van der Waals surface area contributed by atoms with Gasteiger partial charge in [-0.05, 0) is 39.2 Å². The molecule has 1 aliphatic heterocycles. The molecule has 0 spiro atoms. The SMILES string of the molecule is CC1(C)CCCCC[C@](O)(C(F)(F)F)c2nnc(o2)-c2nc(c(C(F)(F)F)cc2B(O)O)N1. The lowest BCUT2D eigenvalue weighted by Gasteiger charge is -2.30. The summed E-state index contributed by atoms with van der Waals surface area (Å²) in [5.41, 5.74) is -7.27. The highest BCUT2D eigenvalue weighted by atomic mass is 19.4. The first kappa shape index (κ1) is 25.2. The van der Waals surface area contributed by atoms with Crippen LogP contribution < -0.4 is 10.8 Å². The van der Waals surface area contributed by atoms with Crippen molar-refractivity contribution < 1.29 is 45.9 Å². The van der Waals surface area contributed by atoms with Gasteiger partial charge in [-0.2, -0.15) is 26.3 Å². The third kappa shape index (κ3) is 5.09. The van der Waals surface area contributed by atoms with E-state index in [2.05, 4.69) is 20.5 Å². The summed E-state index contributed by atoms with van der Waals surface area (Å²) < 4.78 is 87.2. The van der Waals surface area contributed by atoms with Crippen molar-refractivity contribution in [3.05, 3.63) is 17.5 Å². The number of hydrogen-bond acceptors (Lipinski definition) is 8. The van der Waals surface area contributed by atoms with E-state index in [-0.39, 0.29) is 19.3 Å². The number of hydrogen-bond donors (Lipinski definition) is 4. The van der Waals surface area contributed by atoms with E-state index in [4.69, 9.17) is 4.42 Å². The maximum absolute atomic E-state index is 13.7. The summed E-state index contributed by atoms with van der Waals surface area (Å²) in [6.07, 6.45) is -10.2. The summed E-state index contributed by atoms with van der Waals surface area (Å²) in [4.78, 5) is 3.79. The zero-order chi connectivity index (χ0) is 24.8. The molecule has 0 aromatic carbocycles.